The van der Waals surface area contributed by atoms with Gasteiger partial charge in [0.25, 0.3) is 0 Å². The fourth-order valence-corrected chi connectivity index (χ4v) is 3.70. The number of piperazine rings is 1. The summed E-state index contributed by atoms with van der Waals surface area (Å²) >= 11 is 0. The maximum atomic E-state index is 11.9. The summed E-state index contributed by atoms with van der Waals surface area (Å²) in [6.45, 7) is 4.32. The van der Waals surface area contributed by atoms with Crippen LogP contribution in [0, 0.1) is 10.1 Å². The Balaban J connectivity index is 1.48. The Hall–Kier alpha value is -3.05. The van der Waals surface area contributed by atoms with Crippen molar-refractivity contribution in [2.24, 2.45) is 0 Å². The molecule has 0 spiro atoms. The number of rotatable bonds is 7. The molecular formula is C19H25N7O4. The van der Waals surface area contributed by atoms with Gasteiger partial charge in [0.15, 0.2) is 6.29 Å². The molecule has 2 fully saturated rings. The lowest BCUT2D eigenvalue weighted by Gasteiger charge is -2.35. The van der Waals surface area contributed by atoms with E-state index in [1.807, 2.05) is 23.1 Å². The first-order valence-electron chi connectivity index (χ1n) is 9.98. The Morgan fingerprint density at radius 1 is 1.13 bits per heavy atom. The summed E-state index contributed by atoms with van der Waals surface area (Å²) in [6, 6.07) is 5.80. The van der Waals surface area contributed by atoms with E-state index in [0.717, 1.165) is 5.82 Å². The first-order valence-corrected chi connectivity index (χ1v) is 9.98. The smallest absolute Gasteiger partial charge is 0.353 e. The quantitative estimate of drug-likeness (QED) is 0.485. The van der Waals surface area contributed by atoms with E-state index in [0.29, 0.717) is 64.0 Å². The number of ether oxygens (including phenoxy) is 2. The zero-order valence-electron chi connectivity index (χ0n) is 16.9. The molecule has 2 aromatic heterocycles. The van der Waals surface area contributed by atoms with Gasteiger partial charge in [-0.1, -0.05) is 6.07 Å². The molecule has 160 valence electrons. The molecule has 0 bridgehead atoms. The minimum atomic E-state index is -0.394. The third-order valence-corrected chi connectivity index (χ3v) is 5.27. The van der Waals surface area contributed by atoms with Gasteiger partial charge in [0.1, 0.15) is 12.1 Å². The molecule has 0 aromatic carbocycles. The molecule has 11 nitrogen and oxygen atoms in total. The van der Waals surface area contributed by atoms with Crippen molar-refractivity contribution in [1.29, 1.82) is 0 Å². The summed E-state index contributed by atoms with van der Waals surface area (Å²) < 4.78 is 10.9. The van der Waals surface area contributed by atoms with Crippen LogP contribution in [0.4, 0.5) is 23.1 Å². The zero-order valence-corrected chi connectivity index (χ0v) is 16.9. The largest absolute Gasteiger partial charge is 0.354 e. The molecule has 0 saturated carbocycles. The van der Waals surface area contributed by atoms with Gasteiger partial charge in [-0.2, -0.15) is 0 Å². The summed E-state index contributed by atoms with van der Waals surface area (Å²) in [7, 11) is 1.78. The fraction of sp³-hybridized carbons (Fsp3) is 0.526. The molecule has 4 heterocycles. The predicted molar refractivity (Wildman–Crippen MR) is 111 cm³/mol. The van der Waals surface area contributed by atoms with Crippen LogP contribution in [-0.4, -0.2) is 79.2 Å². The molecule has 2 aliphatic rings. The van der Waals surface area contributed by atoms with Crippen molar-refractivity contribution in [2.45, 2.75) is 12.7 Å². The number of nitrogens with zero attached hydrogens (tertiary/aromatic N) is 7. The third-order valence-electron chi connectivity index (χ3n) is 5.27. The molecule has 11 heteroatoms. The fourth-order valence-electron chi connectivity index (χ4n) is 3.70. The van der Waals surface area contributed by atoms with Crippen LogP contribution in [-0.2, 0) is 9.47 Å². The summed E-state index contributed by atoms with van der Waals surface area (Å²) in [5.74, 6) is 1.56. The molecule has 0 N–H and O–H groups in total. The van der Waals surface area contributed by atoms with Crippen LogP contribution in [0.3, 0.4) is 0 Å². The van der Waals surface area contributed by atoms with Gasteiger partial charge in [-0.25, -0.2) is 15.0 Å². The monoisotopic (exact) mass is 415 g/mol. The second-order valence-corrected chi connectivity index (χ2v) is 7.17. The molecule has 0 amide bonds. The van der Waals surface area contributed by atoms with Crippen LogP contribution in [0.2, 0.25) is 0 Å². The Labute approximate surface area is 174 Å². The molecule has 2 aliphatic heterocycles. The number of pyridine rings is 1. The van der Waals surface area contributed by atoms with Gasteiger partial charge < -0.3 is 24.2 Å². The van der Waals surface area contributed by atoms with E-state index in [9.17, 15) is 10.1 Å². The van der Waals surface area contributed by atoms with Gasteiger partial charge in [0.05, 0.1) is 18.1 Å². The molecule has 30 heavy (non-hydrogen) atoms. The van der Waals surface area contributed by atoms with Gasteiger partial charge >= 0.3 is 5.69 Å². The zero-order chi connectivity index (χ0) is 20.9. The van der Waals surface area contributed by atoms with Gasteiger partial charge in [-0.3, -0.25) is 10.1 Å². The number of nitro groups is 1. The SMILES string of the molecule is CN(CCC1OCCO1)c1ncnc(N2CCN(c3ccccn3)CC2)c1[N+](=O)[O-]. The summed E-state index contributed by atoms with van der Waals surface area (Å²) in [5.41, 5.74) is -0.0699. The molecule has 0 aliphatic carbocycles. The minimum absolute atomic E-state index is 0.0699. The Bertz CT molecular complexity index is 855. The predicted octanol–water partition coefficient (Wildman–Crippen LogP) is 1.31. The topological polar surface area (TPSA) is 110 Å². The molecule has 4 rings (SSSR count). The highest BCUT2D eigenvalue weighted by Crippen LogP contribution is 2.34. The van der Waals surface area contributed by atoms with E-state index < -0.39 is 4.92 Å². The second-order valence-electron chi connectivity index (χ2n) is 7.17. The van der Waals surface area contributed by atoms with E-state index in [1.165, 1.54) is 6.33 Å². The van der Waals surface area contributed by atoms with Crippen molar-refractivity contribution in [3.05, 3.63) is 40.8 Å². The summed E-state index contributed by atoms with van der Waals surface area (Å²) in [5, 5.41) is 11.9. The molecule has 2 aromatic rings. The Morgan fingerprint density at radius 3 is 2.53 bits per heavy atom. The van der Waals surface area contributed by atoms with Crippen molar-refractivity contribution in [3.63, 3.8) is 0 Å². The number of hydrogen-bond donors (Lipinski definition) is 0. The number of hydrogen-bond acceptors (Lipinski definition) is 10. The lowest BCUT2D eigenvalue weighted by Crippen LogP contribution is -2.47. The highest BCUT2D eigenvalue weighted by Gasteiger charge is 2.31. The molecule has 0 radical (unpaired) electrons. The van der Waals surface area contributed by atoms with Gasteiger partial charge in [0, 0.05) is 52.4 Å². The molecule has 0 unspecified atom stereocenters. The summed E-state index contributed by atoms with van der Waals surface area (Å²) in [6.07, 6.45) is 3.49. The highest BCUT2D eigenvalue weighted by molar-refractivity contribution is 5.71. The average Bonchev–Trinajstić information content (AvgIpc) is 3.31. The molecular weight excluding hydrogens is 390 g/mol. The van der Waals surface area contributed by atoms with Crippen LogP contribution < -0.4 is 14.7 Å². The van der Waals surface area contributed by atoms with E-state index in [1.54, 1.807) is 18.1 Å². The van der Waals surface area contributed by atoms with Crippen LogP contribution in [0.15, 0.2) is 30.7 Å². The summed E-state index contributed by atoms with van der Waals surface area (Å²) in [4.78, 5) is 30.3. The third kappa shape index (κ3) is 4.41. The van der Waals surface area contributed by atoms with Gasteiger partial charge in [-0.15, -0.1) is 0 Å². The van der Waals surface area contributed by atoms with Crippen LogP contribution in [0.5, 0.6) is 0 Å². The average molecular weight is 415 g/mol. The maximum absolute atomic E-state index is 11.9. The lowest BCUT2D eigenvalue weighted by molar-refractivity contribution is -0.383. The standard InChI is InChI=1S/C19H25N7O4/c1-23(7-5-16-29-12-13-30-16)18-17(26(27)28)19(22-14-21-18)25-10-8-24(9-11-25)15-4-2-3-6-20-15/h2-4,6,14,16H,5,7-13H2,1H3. The van der Waals surface area contributed by atoms with Crippen molar-refractivity contribution in [2.75, 3.05) is 67.7 Å². The van der Waals surface area contributed by atoms with E-state index in [-0.39, 0.29) is 12.0 Å². The number of anilines is 3. The van der Waals surface area contributed by atoms with Crippen LogP contribution >= 0.6 is 0 Å². The van der Waals surface area contributed by atoms with Crippen LogP contribution in [0.25, 0.3) is 0 Å². The molecule has 0 atom stereocenters. The van der Waals surface area contributed by atoms with Crippen molar-refractivity contribution < 1.29 is 14.4 Å². The van der Waals surface area contributed by atoms with Gasteiger partial charge in [0.2, 0.25) is 11.6 Å². The first kappa shape index (κ1) is 20.2. The van der Waals surface area contributed by atoms with E-state index >= 15 is 0 Å². The van der Waals surface area contributed by atoms with Gasteiger partial charge in [-0.05, 0) is 12.1 Å². The Morgan fingerprint density at radius 2 is 1.87 bits per heavy atom. The Kier molecular flexibility index (Phi) is 6.19. The van der Waals surface area contributed by atoms with Crippen molar-refractivity contribution in [1.82, 2.24) is 15.0 Å². The van der Waals surface area contributed by atoms with E-state index in [4.69, 9.17) is 9.47 Å². The van der Waals surface area contributed by atoms with Crippen LogP contribution in [0.1, 0.15) is 6.42 Å². The minimum Gasteiger partial charge on any atom is -0.354 e. The van der Waals surface area contributed by atoms with Crippen molar-refractivity contribution in [3.8, 4) is 0 Å². The second kappa shape index (κ2) is 9.18. The van der Waals surface area contributed by atoms with Crippen molar-refractivity contribution >= 4 is 23.1 Å². The maximum Gasteiger partial charge on any atom is 0.353 e. The highest BCUT2D eigenvalue weighted by atomic mass is 16.7. The lowest BCUT2D eigenvalue weighted by atomic mass is 10.2. The normalized spacial score (nSPS) is 17.4. The van der Waals surface area contributed by atoms with E-state index in [2.05, 4.69) is 19.9 Å². The first-order chi connectivity index (χ1) is 14.6. The number of aromatic nitrogens is 3. The molecule has 2 saturated heterocycles.